The van der Waals surface area contributed by atoms with E-state index in [2.05, 4.69) is 21.2 Å². The van der Waals surface area contributed by atoms with Gasteiger partial charge in [-0.1, -0.05) is 12.0 Å². The third kappa shape index (κ3) is 5.23. The lowest BCUT2D eigenvalue weighted by atomic mass is 9.92. The summed E-state index contributed by atoms with van der Waals surface area (Å²) < 4.78 is 96.0. The van der Waals surface area contributed by atoms with Crippen molar-refractivity contribution in [2.75, 3.05) is 37.7 Å². The van der Waals surface area contributed by atoms with Crippen LogP contribution in [-0.2, 0) is 0 Å². The molecule has 4 saturated heterocycles. The molecule has 8 rings (SSSR count). The highest BCUT2D eigenvalue weighted by atomic mass is 19.3. The predicted molar refractivity (Wildman–Crippen MR) is 172 cm³/mol. The van der Waals surface area contributed by atoms with E-state index in [0.717, 1.165) is 30.7 Å². The quantitative estimate of drug-likeness (QED) is 0.176. The maximum Gasteiger partial charge on any atom is 0.319 e. The summed E-state index contributed by atoms with van der Waals surface area (Å²) in [6.07, 6.45) is 6.46. The molecule has 13 heteroatoms. The summed E-state index contributed by atoms with van der Waals surface area (Å²) in [5.74, 6) is -0.987. The number of aromatic nitrogens is 2. The van der Waals surface area contributed by atoms with E-state index in [-0.39, 0.29) is 82.5 Å². The van der Waals surface area contributed by atoms with Gasteiger partial charge in [0.1, 0.15) is 41.5 Å². The van der Waals surface area contributed by atoms with Gasteiger partial charge in [-0.25, -0.2) is 17.6 Å². The number of benzene rings is 3. The number of nitrogens with zero attached hydrogens (tertiary/aromatic N) is 4. The number of piperazine rings is 1. The minimum Gasteiger partial charge on any atom is -0.508 e. The number of halogens is 6. The maximum atomic E-state index is 16.9. The average molecular weight is 680 g/mol. The van der Waals surface area contributed by atoms with Crippen LogP contribution in [0.15, 0.2) is 42.5 Å². The minimum atomic E-state index is -1.85. The highest BCUT2D eigenvalue weighted by Crippen LogP contribution is 2.44. The largest absolute Gasteiger partial charge is 0.508 e. The first-order valence-electron chi connectivity index (χ1n) is 16.2. The fourth-order valence-corrected chi connectivity index (χ4v) is 8.57. The van der Waals surface area contributed by atoms with Crippen molar-refractivity contribution in [2.24, 2.45) is 0 Å². The fourth-order valence-electron chi connectivity index (χ4n) is 8.57. The van der Waals surface area contributed by atoms with Crippen molar-refractivity contribution in [2.45, 2.75) is 55.4 Å². The number of terminal acetylenes is 1. The number of alkyl halides is 1. The van der Waals surface area contributed by atoms with E-state index in [4.69, 9.17) is 11.2 Å². The number of phenols is 1. The molecule has 4 aliphatic rings. The highest BCUT2D eigenvalue weighted by Gasteiger charge is 2.50. The number of nitrogens with one attached hydrogen (secondary N) is 1. The van der Waals surface area contributed by atoms with E-state index in [1.54, 1.807) is 4.90 Å². The Morgan fingerprint density at radius 1 is 1.12 bits per heavy atom. The Labute approximate surface area is 277 Å². The van der Waals surface area contributed by atoms with Crippen molar-refractivity contribution in [1.29, 1.82) is 0 Å². The molecule has 4 fully saturated rings. The zero-order valence-electron chi connectivity index (χ0n) is 26.2. The summed E-state index contributed by atoms with van der Waals surface area (Å²) in [7, 11) is 0. The summed E-state index contributed by atoms with van der Waals surface area (Å²) in [6, 6.07) is 5.46. The van der Waals surface area contributed by atoms with Gasteiger partial charge >= 0.3 is 6.01 Å². The number of hydrogen-bond donors (Lipinski definition) is 2. The van der Waals surface area contributed by atoms with E-state index < -0.39 is 46.3 Å². The van der Waals surface area contributed by atoms with E-state index >= 15 is 8.78 Å². The Kier molecular flexibility index (Phi) is 7.46. The summed E-state index contributed by atoms with van der Waals surface area (Å²) >= 11 is 0. The molecule has 2 N–H and O–H groups in total. The fraction of sp³-hybridized carbons (Fsp3) is 0.389. The maximum absolute atomic E-state index is 16.9. The van der Waals surface area contributed by atoms with Gasteiger partial charge in [-0.2, -0.15) is 18.7 Å². The molecular weight excluding hydrogens is 648 g/mol. The first-order chi connectivity index (χ1) is 23.5. The zero-order chi connectivity index (χ0) is 34.2. The normalized spacial score (nSPS) is 26.3. The van der Waals surface area contributed by atoms with Crippen LogP contribution >= 0.6 is 0 Å². The Morgan fingerprint density at radius 3 is 2.76 bits per heavy atom. The molecule has 254 valence electrons. The van der Waals surface area contributed by atoms with Gasteiger partial charge < -0.3 is 20.1 Å². The molecule has 2 bridgehead atoms. The van der Waals surface area contributed by atoms with Gasteiger partial charge in [-0.3, -0.25) is 4.90 Å². The van der Waals surface area contributed by atoms with Gasteiger partial charge in [0.15, 0.2) is 5.82 Å². The van der Waals surface area contributed by atoms with Crippen molar-refractivity contribution in [3.05, 3.63) is 65.5 Å². The Balaban J connectivity index is 1.31. The highest BCUT2D eigenvalue weighted by molar-refractivity contribution is 6.04. The summed E-state index contributed by atoms with van der Waals surface area (Å²) in [5, 5.41) is 14.0. The smallest absolute Gasteiger partial charge is 0.319 e. The third-order valence-corrected chi connectivity index (χ3v) is 10.6. The van der Waals surface area contributed by atoms with Gasteiger partial charge in [0.05, 0.1) is 22.2 Å². The number of ether oxygens (including phenoxy) is 1. The number of anilines is 1. The zero-order valence-corrected chi connectivity index (χ0v) is 26.2. The van der Waals surface area contributed by atoms with Crippen molar-refractivity contribution < 1.29 is 36.2 Å². The second-order valence-electron chi connectivity index (χ2n) is 13.6. The molecule has 4 aliphatic heterocycles. The van der Waals surface area contributed by atoms with E-state index in [0.29, 0.717) is 32.4 Å². The van der Waals surface area contributed by atoms with Crippen LogP contribution < -0.4 is 15.0 Å². The standard InChI is InChI=1S/C36H31F6N5O2/c1-2-23-26(38)5-4-19-10-22(48)11-24(29(19)23)30-27(39)12-25-32(31(30)42)43-34(49-18-36-7-3-9-47(36)15-20(37)13-36)44-33(25)46-16-21-6-8-35(17-46,45-21)14-28(40)41/h1,4-5,10-12,14,20-21,45,48H,3,6-9,13,15-18H2/t20-,21-,35-,36?/m1/s1. The molecule has 0 radical (unpaired) electrons. The molecular formula is C36H31F6N5O2. The topological polar surface area (TPSA) is 73.8 Å². The number of rotatable bonds is 6. The molecule has 1 aromatic heterocycles. The van der Waals surface area contributed by atoms with Crippen molar-refractivity contribution in [3.8, 4) is 35.2 Å². The first-order valence-corrected chi connectivity index (χ1v) is 16.2. The van der Waals surface area contributed by atoms with Crippen LogP contribution in [0.4, 0.5) is 32.2 Å². The first kappa shape index (κ1) is 31.7. The van der Waals surface area contributed by atoms with Gasteiger partial charge in [-0.05, 0) is 61.9 Å². The van der Waals surface area contributed by atoms with Crippen LogP contribution in [0.3, 0.4) is 0 Å². The lowest BCUT2D eigenvalue weighted by Gasteiger charge is -2.40. The molecule has 4 atom stereocenters. The average Bonchev–Trinajstić information content (AvgIpc) is 3.67. The molecule has 4 aromatic rings. The second kappa shape index (κ2) is 11.5. The van der Waals surface area contributed by atoms with Crippen LogP contribution in [0.1, 0.15) is 37.7 Å². The SMILES string of the molecule is C#Cc1c(F)ccc2cc(O)cc(-c3c(F)cc4c(N5C[C@H]6CC[C@@](C=C(F)F)(C5)N6)nc(OCC56CCCN5C[C@H](F)C6)nc4c3F)c12. The number of aromatic hydroxyl groups is 1. The van der Waals surface area contributed by atoms with Gasteiger partial charge in [0.25, 0.3) is 6.08 Å². The third-order valence-electron chi connectivity index (χ3n) is 10.6. The van der Waals surface area contributed by atoms with E-state index in [1.165, 1.54) is 12.1 Å². The summed E-state index contributed by atoms with van der Waals surface area (Å²) in [4.78, 5) is 12.7. The predicted octanol–water partition coefficient (Wildman–Crippen LogP) is 6.60. The molecule has 0 saturated carbocycles. The molecule has 0 amide bonds. The van der Waals surface area contributed by atoms with Crippen molar-refractivity contribution in [1.82, 2.24) is 20.2 Å². The number of hydrogen-bond acceptors (Lipinski definition) is 7. The van der Waals surface area contributed by atoms with Gasteiger partial charge in [-0.15, -0.1) is 6.42 Å². The molecule has 7 nitrogen and oxygen atoms in total. The lowest BCUT2D eigenvalue weighted by molar-refractivity contribution is 0.107. The van der Waals surface area contributed by atoms with Crippen molar-refractivity contribution in [3.63, 3.8) is 0 Å². The van der Waals surface area contributed by atoms with Crippen LogP contribution in [0.2, 0.25) is 0 Å². The lowest BCUT2D eigenvalue weighted by Crippen LogP contribution is -2.59. The van der Waals surface area contributed by atoms with Crippen LogP contribution in [0, 0.1) is 29.8 Å². The van der Waals surface area contributed by atoms with Crippen LogP contribution in [0.25, 0.3) is 32.8 Å². The summed E-state index contributed by atoms with van der Waals surface area (Å²) in [5.41, 5.74) is -3.04. The van der Waals surface area contributed by atoms with Crippen LogP contribution in [0.5, 0.6) is 11.8 Å². The molecule has 49 heavy (non-hydrogen) atoms. The summed E-state index contributed by atoms with van der Waals surface area (Å²) in [6.45, 7) is 1.36. The van der Waals surface area contributed by atoms with Gasteiger partial charge in [0.2, 0.25) is 0 Å². The number of fused-ring (bicyclic) bond motifs is 5. The Hall–Kier alpha value is -4.54. The van der Waals surface area contributed by atoms with Gasteiger partial charge in [0, 0.05) is 54.5 Å². The Morgan fingerprint density at radius 2 is 1.96 bits per heavy atom. The molecule has 3 aromatic carbocycles. The van der Waals surface area contributed by atoms with Crippen molar-refractivity contribution >= 4 is 27.5 Å². The number of phenolic OH excluding ortho intramolecular Hbond substituents is 1. The van der Waals surface area contributed by atoms with E-state index in [9.17, 15) is 22.7 Å². The second-order valence-corrected chi connectivity index (χ2v) is 13.6. The molecule has 1 unspecified atom stereocenters. The van der Waals surface area contributed by atoms with E-state index in [1.807, 2.05) is 4.90 Å². The molecule has 0 aliphatic carbocycles. The minimum absolute atomic E-state index is 0.0197. The van der Waals surface area contributed by atoms with Crippen LogP contribution in [-0.4, -0.2) is 76.1 Å². The molecule has 0 spiro atoms. The monoisotopic (exact) mass is 679 g/mol. The Bertz CT molecular complexity index is 2100. The molecule has 5 heterocycles.